The van der Waals surface area contributed by atoms with Crippen molar-refractivity contribution in [1.82, 2.24) is 15.1 Å². The molecule has 2 aromatic rings. The summed E-state index contributed by atoms with van der Waals surface area (Å²) in [5.41, 5.74) is 3.06. The van der Waals surface area contributed by atoms with Crippen molar-refractivity contribution in [1.29, 1.82) is 0 Å². The molecule has 0 heterocycles. The lowest BCUT2D eigenvalue weighted by molar-refractivity contribution is 0.197. The molecule has 0 aromatic heterocycles. The number of carbonyl (C=O) groups is 1. The molecule has 0 atom stereocenters. The van der Waals surface area contributed by atoms with E-state index in [0.29, 0.717) is 19.6 Å². The summed E-state index contributed by atoms with van der Waals surface area (Å²) in [6.07, 6.45) is 0. The van der Waals surface area contributed by atoms with Crippen LogP contribution in [0.5, 0.6) is 0 Å². The molecule has 0 saturated heterocycles. The zero-order chi connectivity index (χ0) is 18.2. The molecule has 1 N–H and O–H groups in total. The first kappa shape index (κ1) is 18.9. The molecule has 2 amide bonds. The van der Waals surface area contributed by atoms with E-state index in [1.807, 2.05) is 39.2 Å². The number of nitrogens with zero attached hydrogens (tertiary/aromatic N) is 2. The minimum Gasteiger partial charge on any atom is -0.334 e. The van der Waals surface area contributed by atoms with E-state index in [-0.39, 0.29) is 11.8 Å². The Morgan fingerprint density at radius 3 is 2.28 bits per heavy atom. The molecule has 0 saturated carbocycles. The Morgan fingerprint density at radius 2 is 1.64 bits per heavy atom. The normalized spacial score (nSPS) is 10.8. The summed E-state index contributed by atoms with van der Waals surface area (Å²) in [5, 5.41) is 2.95. The van der Waals surface area contributed by atoms with Gasteiger partial charge < -0.3 is 15.1 Å². The lowest BCUT2D eigenvalue weighted by Crippen LogP contribution is -2.39. The number of nitrogens with one attached hydrogen (secondary N) is 1. The summed E-state index contributed by atoms with van der Waals surface area (Å²) < 4.78 is 13.3. The minimum absolute atomic E-state index is 0.148. The molecule has 0 bridgehead atoms. The van der Waals surface area contributed by atoms with Crippen LogP contribution in [-0.4, -0.2) is 36.5 Å². The van der Waals surface area contributed by atoms with Crippen LogP contribution in [-0.2, 0) is 19.6 Å². The van der Waals surface area contributed by atoms with Crippen molar-refractivity contribution in [3.63, 3.8) is 0 Å². The van der Waals surface area contributed by atoms with Crippen LogP contribution in [0.2, 0.25) is 0 Å². The third kappa shape index (κ3) is 6.19. The van der Waals surface area contributed by atoms with Crippen LogP contribution in [0, 0.1) is 5.82 Å². The van der Waals surface area contributed by atoms with Crippen LogP contribution < -0.4 is 5.32 Å². The van der Waals surface area contributed by atoms with Gasteiger partial charge in [-0.1, -0.05) is 36.4 Å². The Morgan fingerprint density at radius 1 is 1.00 bits per heavy atom. The molecule has 4 nitrogen and oxygen atoms in total. The van der Waals surface area contributed by atoms with Crippen molar-refractivity contribution in [3.05, 3.63) is 71.0 Å². The van der Waals surface area contributed by atoms with E-state index in [9.17, 15) is 9.18 Å². The highest BCUT2D eigenvalue weighted by Gasteiger charge is 2.12. The topological polar surface area (TPSA) is 35.6 Å². The molecule has 0 aliphatic carbocycles. The van der Waals surface area contributed by atoms with Gasteiger partial charge in [-0.25, -0.2) is 9.18 Å². The van der Waals surface area contributed by atoms with E-state index in [4.69, 9.17) is 0 Å². The smallest absolute Gasteiger partial charge is 0.317 e. The third-order valence-electron chi connectivity index (χ3n) is 3.87. The van der Waals surface area contributed by atoms with E-state index in [1.165, 1.54) is 17.7 Å². The number of benzene rings is 2. The van der Waals surface area contributed by atoms with E-state index in [2.05, 4.69) is 22.3 Å². The largest absolute Gasteiger partial charge is 0.334 e. The number of urea groups is 1. The standard InChI is InChI=1S/C20H26FN3O/c1-4-24(15-18-9-6-10-19(21)12-18)20(25)22-13-16-7-5-8-17(11-16)14-23(2)3/h5-12H,4,13-15H2,1-3H3,(H,22,25). The van der Waals surface area contributed by atoms with Gasteiger partial charge in [0.15, 0.2) is 0 Å². The average molecular weight is 343 g/mol. The maximum atomic E-state index is 13.3. The van der Waals surface area contributed by atoms with Crippen molar-refractivity contribution in [2.75, 3.05) is 20.6 Å². The Balaban J connectivity index is 1.93. The van der Waals surface area contributed by atoms with Gasteiger partial charge in [0, 0.05) is 26.2 Å². The van der Waals surface area contributed by atoms with Gasteiger partial charge in [-0.2, -0.15) is 0 Å². The maximum Gasteiger partial charge on any atom is 0.317 e. The quantitative estimate of drug-likeness (QED) is 0.833. The first-order valence-electron chi connectivity index (χ1n) is 8.47. The van der Waals surface area contributed by atoms with Crippen LogP contribution in [0.25, 0.3) is 0 Å². The summed E-state index contributed by atoms with van der Waals surface area (Å²) >= 11 is 0. The van der Waals surface area contributed by atoms with Crippen LogP contribution in [0.3, 0.4) is 0 Å². The third-order valence-corrected chi connectivity index (χ3v) is 3.87. The highest BCUT2D eigenvalue weighted by molar-refractivity contribution is 5.74. The van der Waals surface area contributed by atoms with E-state index in [1.54, 1.807) is 11.0 Å². The molecular weight excluding hydrogens is 317 g/mol. The summed E-state index contributed by atoms with van der Waals surface area (Å²) in [7, 11) is 4.06. The van der Waals surface area contributed by atoms with Crippen molar-refractivity contribution < 1.29 is 9.18 Å². The molecule has 0 aliphatic rings. The number of carbonyl (C=O) groups excluding carboxylic acids is 1. The number of amides is 2. The monoisotopic (exact) mass is 343 g/mol. The summed E-state index contributed by atoms with van der Waals surface area (Å²) in [5.74, 6) is -0.285. The average Bonchev–Trinajstić information content (AvgIpc) is 2.57. The van der Waals surface area contributed by atoms with E-state index < -0.39 is 0 Å². The summed E-state index contributed by atoms with van der Waals surface area (Å²) in [4.78, 5) is 16.2. The van der Waals surface area contributed by atoms with Gasteiger partial charge in [0.1, 0.15) is 5.82 Å². The Kier molecular flexibility index (Phi) is 6.95. The number of hydrogen-bond donors (Lipinski definition) is 1. The zero-order valence-electron chi connectivity index (χ0n) is 15.1. The fraction of sp³-hybridized carbons (Fsp3) is 0.350. The minimum atomic E-state index is -0.285. The Bertz CT molecular complexity index is 703. The molecule has 5 heteroatoms. The second kappa shape index (κ2) is 9.18. The molecule has 0 radical (unpaired) electrons. The molecule has 2 aromatic carbocycles. The fourth-order valence-electron chi connectivity index (χ4n) is 2.68. The van der Waals surface area contributed by atoms with Gasteiger partial charge in [0.25, 0.3) is 0 Å². The van der Waals surface area contributed by atoms with Gasteiger partial charge in [0.05, 0.1) is 0 Å². The zero-order valence-corrected chi connectivity index (χ0v) is 15.1. The van der Waals surface area contributed by atoms with Crippen molar-refractivity contribution in [2.24, 2.45) is 0 Å². The highest BCUT2D eigenvalue weighted by Crippen LogP contribution is 2.09. The van der Waals surface area contributed by atoms with Crippen molar-refractivity contribution in [2.45, 2.75) is 26.6 Å². The van der Waals surface area contributed by atoms with Crippen molar-refractivity contribution >= 4 is 6.03 Å². The maximum absolute atomic E-state index is 13.3. The number of halogens is 1. The summed E-state index contributed by atoms with van der Waals surface area (Å²) in [6.45, 7) is 4.20. The van der Waals surface area contributed by atoms with Crippen LogP contribution in [0.1, 0.15) is 23.6 Å². The fourth-order valence-corrected chi connectivity index (χ4v) is 2.68. The van der Waals surface area contributed by atoms with Crippen molar-refractivity contribution in [3.8, 4) is 0 Å². The molecule has 0 fully saturated rings. The molecule has 0 aliphatic heterocycles. The van der Waals surface area contributed by atoms with Gasteiger partial charge in [0.2, 0.25) is 0 Å². The predicted molar refractivity (Wildman–Crippen MR) is 98.6 cm³/mol. The van der Waals surface area contributed by atoms with Gasteiger partial charge in [-0.05, 0) is 49.8 Å². The molecule has 0 unspecified atom stereocenters. The second-order valence-electron chi connectivity index (χ2n) is 6.36. The summed E-state index contributed by atoms with van der Waals surface area (Å²) in [6, 6.07) is 14.4. The van der Waals surface area contributed by atoms with E-state index >= 15 is 0 Å². The molecular formula is C20H26FN3O. The van der Waals surface area contributed by atoms with Crippen LogP contribution in [0.4, 0.5) is 9.18 Å². The Labute approximate surface area is 149 Å². The Hall–Kier alpha value is -2.40. The first-order valence-corrected chi connectivity index (χ1v) is 8.47. The van der Waals surface area contributed by atoms with Gasteiger partial charge in [-0.3, -0.25) is 0 Å². The highest BCUT2D eigenvalue weighted by atomic mass is 19.1. The predicted octanol–water partition coefficient (Wildman–Crippen LogP) is 3.62. The SMILES string of the molecule is CCN(Cc1cccc(F)c1)C(=O)NCc1cccc(CN(C)C)c1. The first-order chi connectivity index (χ1) is 12.0. The lowest BCUT2D eigenvalue weighted by atomic mass is 10.1. The number of hydrogen-bond acceptors (Lipinski definition) is 2. The van der Waals surface area contributed by atoms with E-state index in [0.717, 1.165) is 17.7 Å². The van der Waals surface area contributed by atoms with Crippen LogP contribution in [0.15, 0.2) is 48.5 Å². The second-order valence-corrected chi connectivity index (χ2v) is 6.36. The molecule has 134 valence electrons. The van der Waals surface area contributed by atoms with Crippen LogP contribution >= 0.6 is 0 Å². The lowest BCUT2D eigenvalue weighted by Gasteiger charge is -2.21. The molecule has 25 heavy (non-hydrogen) atoms. The van der Waals surface area contributed by atoms with Gasteiger partial charge >= 0.3 is 6.03 Å². The molecule has 2 rings (SSSR count). The molecule has 0 spiro atoms. The van der Waals surface area contributed by atoms with Gasteiger partial charge in [-0.15, -0.1) is 0 Å². The number of rotatable bonds is 7.